The molecule has 0 saturated heterocycles. The van der Waals surface area contributed by atoms with Gasteiger partial charge in [-0.2, -0.15) is 13.2 Å². The van der Waals surface area contributed by atoms with E-state index >= 15 is 0 Å². The molecule has 1 aromatic rings. The Morgan fingerprint density at radius 1 is 1.11 bits per heavy atom. The number of carboxylic acid groups (broad SMARTS) is 2. The summed E-state index contributed by atoms with van der Waals surface area (Å²) in [6, 6.07) is 5.89. The average molecular weight is 394 g/mol. The predicted octanol–water partition coefficient (Wildman–Crippen LogP) is 2.52. The number of hydrogen-bond donors (Lipinski definition) is 4. The highest BCUT2D eigenvalue weighted by atomic mass is 19.4. The molecule has 11 heteroatoms. The van der Waals surface area contributed by atoms with Crippen LogP contribution in [0.4, 0.5) is 18.9 Å². The lowest BCUT2D eigenvalue weighted by atomic mass is 10.0. The fraction of sp³-hybridized carbons (Fsp3) is 0.438. The van der Waals surface area contributed by atoms with Gasteiger partial charge in [0, 0.05) is 5.69 Å². The number of hydrogen-bond acceptors (Lipinski definition) is 6. The number of benzene rings is 1. The Labute approximate surface area is 153 Å². The maximum atomic E-state index is 11.3. The quantitative estimate of drug-likeness (QED) is 0.411. The summed E-state index contributed by atoms with van der Waals surface area (Å²) in [5, 5.41) is 16.2. The van der Waals surface area contributed by atoms with Gasteiger partial charge in [0.1, 0.15) is 6.04 Å². The van der Waals surface area contributed by atoms with Crippen molar-refractivity contribution in [3.8, 4) is 0 Å². The van der Waals surface area contributed by atoms with Crippen molar-refractivity contribution in [1.29, 1.82) is 0 Å². The predicted molar refractivity (Wildman–Crippen MR) is 89.1 cm³/mol. The molecule has 1 aromatic carbocycles. The fourth-order valence-electron chi connectivity index (χ4n) is 1.67. The van der Waals surface area contributed by atoms with E-state index in [9.17, 15) is 22.8 Å². The van der Waals surface area contributed by atoms with Gasteiger partial charge in [0.25, 0.3) is 0 Å². The first kappa shape index (κ1) is 24.2. The lowest BCUT2D eigenvalue weighted by Gasteiger charge is -2.17. The monoisotopic (exact) mass is 394 g/mol. The van der Waals surface area contributed by atoms with Crippen LogP contribution in [0.15, 0.2) is 24.3 Å². The van der Waals surface area contributed by atoms with Crippen LogP contribution in [0.25, 0.3) is 0 Å². The number of esters is 1. The Hall–Kier alpha value is -2.82. The van der Waals surface area contributed by atoms with Gasteiger partial charge in [-0.05, 0) is 36.6 Å². The molecular formula is C16H21F3N2O6. The second-order valence-electron chi connectivity index (χ2n) is 5.66. The molecule has 0 aliphatic heterocycles. The molecule has 0 radical (unpaired) electrons. The fourth-order valence-corrected chi connectivity index (χ4v) is 1.67. The third-order valence-corrected chi connectivity index (χ3v) is 2.94. The summed E-state index contributed by atoms with van der Waals surface area (Å²) in [6.45, 7) is 3.92. The molecule has 0 aliphatic carbocycles. The number of nitrogens with one attached hydrogen (secondary N) is 2. The molecule has 0 aliphatic rings. The standard InChI is InChI=1S/C14H20N2O4.C2HF3O2/c1-9(2)8-12(13(17)18)16-15-11-6-4-10(5-7-11)14(19)20-3;3-2(4,5)1(6)7/h4-7,9,12,15-16H,8H2,1-3H3,(H,17,18);(H,6,7)/t12-;/m0./s1. The van der Waals surface area contributed by atoms with E-state index in [0.29, 0.717) is 17.7 Å². The first-order valence-electron chi connectivity index (χ1n) is 7.61. The summed E-state index contributed by atoms with van der Waals surface area (Å²) in [7, 11) is 1.32. The number of methoxy groups -OCH3 is 1. The van der Waals surface area contributed by atoms with Gasteiger partial charge >= 0.3 is 24.1 Å². The zero-order valence-electron chi connectivity index (χ0n) is 14.8. The van der Waals surface area contributed by atoms with Crippen LogP contribution < -0.4 is 10.9 Å². The van der Waals surface area contributed by atoms with E-state index in [1.807, 2.05) is 13.8 Å². The molecule has 0 unspecified atom stereocenters. The van der Waals surface area contributed by atoms with Crippen LogP contribution >= 0.6 is 0 Å². The van der Waals surface area contributed by atoms with Crippen molar-refractivity contribution in [3.63, 3.8) is 0 Å². The molecule has 0 spiro atoms. The normalized spacial score (nSPS) is 11.8. The van der Waals surface area contributed by atoms with E-state index in [1.165, 1.54) is 7.11 Å². The highest BCUT2D eigenvalue weighted by molar-refractivity contribution is 5.89. The molecular weight excluding hydrogens is 373 g/mol. The highest BCUT2D eigenvalue weighted by Crippen LogP contribution is 2.13. The maximum absolute atomic E-state index is 11.3. The number of anilines is 1. The molecule has 1 atom stereocenters. The smallest absolute Gasteiger partial charge is 0.480 e. The molecule has 0 aromatic heterocycles. The minimum Gasteiger partial charge on any atom is -0.480 e. The van der Waals surface area contributed by atoms with Crippen LogP contribution in [0.3, 0.4) is 0 Å². The van der Waals surface area contributed by atoms with Gasteiger partial charge in [0.05, 0.1) is 12.7 Å². The lowest BCUT2D eigenvalue weighted by Crippen LogP contribution is -2.41. The Morgan fingerprint density at radius 2 is 1.59 bits per heavy atom. The topological polar surface area (TPSA) is 125 Å². The van der Waals surface area contributed by atoms with E-state index < -0.39 is 30.1 Å². The average Bonchev–Trinajstić information content (AvgIpc) is 2.57. The molecule has 0 fully saturated rings. The van der Waals surface area contributed by atoms with Gasteiger partial charge in [-0.15, -0.1) is 0 Å². The maximum Gasteiger partial charge on any atom is 0.490 e. The second kappa shape index (κ2) is 11.0. The molecule has 8 nitrogen and oxygen atoms in total. The van der Waals surface area contributed by atoms with Crippen molar-refractivity contribution in [2.45, 2.75) is 32.5 Å². The Bertz CT molecular complexity index is 632. The third-order valence-electron chi connectivity index (χ3n) is 2.94. The Morgan fingerprint density at radius 3 is 1.93 bits per heavy atom. The summed E-state index contributed by atoms with van der Waals surface area (Å²) < 4.78 is 36.3. The van der Waals surface area contributed by atoms with Crippen molar-refractivity contribution in [2.24, 2.45) is 5.92 Å². The minimum atomic E-state index is -5.08. The third kappa shape index (κ3) is 10.0. The second-order valence-corrected chi connectivity index (χ2v) is 5.66. The molecule has 1 rings (SSSR count). The molecule has 152 valence electrons. The Kier molecular flexibility index (Phi) is 9.86. The summed E-state index contributed by atoms with van der Waals surface area (Å²) in [4.78, 5) is 31.2. The molecule has 0 bridgehead atoms. The zero-order valence-corrected chi connectivity index (χ0v) is 14.8. The summed E-state index contributed by atoms with van der Waals surface area (Å²) in [5.74, 6) is -3.80. The van der Waals surface area contributed by atoms with E-state index in [2.05, 4.69) is 15.6 Å². The number of hydrazine groups is 1. The van der Waals surface area contributed by atoms with Crippen LogP contribution in [0.2, 0.25) is 0 Å². The largest absolute Gasteiger partial charge is 0.490 e. The minimum absolute atomic E-state index is 0.270. The number of rotatable bonds is 7. The molecule has 0 saturated carbocycles. The molecule has 0 heterocycles. The van der Waals surface area contributed by atoms with Crippen LogP contribution in [-0.2, 0) is 14.3 Å². The van der Waals surface area contributed by atoms with Gasteiger partial charge in [0.15, 0.2) is 0 Å². The first-order chi connectivity index (χ1) is 12.4. The number of carbonyl (C=O) groups is 3. The SMILES string of the molecule is COC(=O)c1ccc(NN[C@@H](CC(C)C)C(=O)O)cc1.O=C(O)C(F)(F)F. The zero-order chi connectivity index (χ0) is 21.2. The van der Waals surface area contributed by atoms with Crippen LogP contribution in [0, 0.1) is 5.92 Å². The van der Waals surface area contributed by atoms with Crippen molar-refractivity contribution in [1.82, 2.24) is 5.43 Å². The van der Waals surface area contributed by atoms with E-state index in [1.54, 1.807) is 24.3 Å². The number of ether oxygens (including phenoxy) is 1. The first-order valence-corrected chi connectivity index (χ1v) is 7.61. The van der Waals surface area contributed by atoms with Crippen LogP contribution in [0.1, 0.15) is 30.6 Å². The van der Waals surface area contributed by atoms with Crippen molar-refractivity contribution in [3.05, 3.63) is 29.8 Å². The number of carboxylic acids is 2. The number of aliphatic carboxylic acids is 2. The molecule has 4 N–H and O–H groups in total. The summed E-state index contributed by atoms with van der Waals surface area (Å²) in [6.07, 6.45) is -4.57. The van der Waals surface area contributed by atoms with Gasteiger partial charge in [0.2, 0.25) is 0 Å². The number of halogens is 3. The summed E-state index contributed by atoms with van der Waals surface area (Å²) in [5.41, 5.74) is 6.71. The van der Waals surface area contributed by atoms with Gasteiger partial charge < -0.3 is 20.4 Å². The van der Waals surface area contributed by atoms with E-state index in [0.717, 1.165) is 0 Å². The van der Waals surface area contributed by atoms with Crippen LogP contribution in [-0.4, -0.2) is 47.4 Å². The van der Waals surface area contributed by atoms with Gasteiger partial charge in [-0.3, -0.25) is 4.79 Å². The van der Waals surface area contributed by atoms with Gasteiger partial charge in [-0.25, -0.2) is 15.0 Å². The molecule has 27 heavy (non-hydrogen) atoms. The number of carbonyl (C=O) groups excluding carboxylic acids is 1. The Balaban J connectivity index is 0.000000821. The van der Waals surface area contributed by atoms with Crippen molar-refractivity contribution >= 4 is 23.6 Å². The van der Waals surface area contributed by atoms with Gasteiger partial charge in [-0.1, -0.05) is 13.8 Å². The molecule has 0 amide bonds. The van der Waals surface area contributed by atoms with Crippen molar-refractivity contribution < 1.29 is 42.5 Å². The van der Waals surface area contributed by atoms with Crippen LogP contribution in [0.5, 0.6) is 0 Å². The lowest BCUT2D eigenvalue weighted by molar-refractivity contribution is -0.192. The number of alkyl halides is 3. The van der Waals surface area contributed by atoms with E-state index in [4.69, 9.17) is 15.0 Å². The van der Waals surface area contributed by atoms with E-state index in [-0.39, 0.29) is 5.92 Å². The summed E-state index contributed by atoms with van der Waals surface area (Å²) >= 11 is 0. The van der Waals surface area contributed by atoms with Crippen molar-refractivity contribution in [2.75, 3.05) is 12.5 Å². The highest BCUT2D eigenvalue weighted by Gasteiger charge is 2.38.